The van der Waals surface area contributed by atoms with Crippen LogP contribution >= 0.6 is 0 Å². The summed E-state index contributed by atoms with van der Waals surface area (Å²) in [7, 11) is 0. The minimum atomic E-state index is -0.481. The van der Waals surface area contributed by atoms with E-state index in [1.807, 2.05) is 42.5 Å². The van der Waals surface area contributed by atoms with Crippen molar-refractivity contribution in [3.63, 3.8) is 0 Å². The van der Waals surface area contributed by atoms with Gasteiger partial charge in [0.15, 0.2) is 0 Å². The minimum absolute atomic E-state index is 0.481. The summed E-state index contributed by atoms with van der Waals surface area (Å²) in [5, 5.41) is 0. The zero-order valence-corrected chi connectivity index (χ0v) is 25.4. The highest BCUT2D eigenvalue weighted by Gasteiger charge is 2.21. The Morgan fingerprint density at radius 3 is 1.13 bits per heavy atom. The molecule has 0 atom stereocenters. The van der Waals surface area contributed by atoms with E-state index in [1.54, 1.807) is 0 Å². The first-order valence-corrected chi connectivity index (χ1v) is 15.5. The first-order chi connectivity index (χ1) is 22.8. The molecular weight excluding hydrogens is 563 g/mol. The summed E-state index contributed by atoms with van der Waals surface area (Å²) in [5.74, 6) is 0. The van der Waals surface area contributed by atoms with E-state index in [-0.39, 0.29) is 0 Å². The van der Waals surface area contributed by atoms with Gasteiger partial charge in [-0.25, -0.2) is 4.39 Å². The van der Waals surface area contributed by atoms with Crippen molar-refractivity contribution in [1.29, 1.82) is 0 Å². The molecule has 3 heteroatoms. The molecule has 222 valence electrons. The Hall–Kier alpha value is -5.93. The van der Waals surface area contributed by atoms with Gasteiger partial charge in [-0.2, -0.15) is 0 Å². The van der Waals surface area contributed by atoms with Gasteiger partial charge in [-0.05, 0) is 77.4 Å². The average molecular weight is 597 g/mol. The zero-order valence-electron chi connectivity index (χ0n) is 25.4. The van der Waals surface area contributed by atoms with Crippen molar-refractivity contribution in [2.24, 2.45) is 0 Å². The maximum absolute atomic E-state index is 13.4. The lowest BCUT2D eigenvalue weighted by atomic mass is 9.99. The van der Waals surface area contributed by atoms with Crippen LogP contribution in [-0.4, -0.2) is 0 Å². The summed E-state index contributed by atoms with van der Waals surface area (Å²) in [6.07, 6.45) is 0. The molecule has 0 N–H and O–H groups in total. The molecule has 0 saturated carbocycles. The first kappa shape index (κ1) is 28.8. The van der Waals surface area contributed by atoms with Gasteiger partial charge < -0.3 is 9.80 Å². The van der Waals surface area contributed by atoms with Crippen LogP contribution in [0.5, 0.6) is 0 Å². The van der Waals surface area contributed by atoms with E-state index in [0.717, 1.165) is 56.4 Å². The van der Waals surface area contributed by atoms with Crippen molar-refractivity contribution in [1.82, 2.24) is 0 Å². The van der Waals surface area contributed by atoms with Crippen molar-refractivity contribution in [2.45, 2.75) is 6.67 Å². The highest BCUT2D eigenvalue weighted by atomic mass is 19.1. The summed E-state index contributed by atoms with van der Waals surface area (Å²) in [6, 6.07) is 64.9. The number of halogens is 1. The molecule has 0 amide bonds. The van der Waals surface area contributed by atoms with E-state index >= 15 is 0 Å². The van der Waals surface area contributed by atoms with Crippen LogP contribution in [0.25, 0.3) is 22.3 Å². The van der Waals surface area contributed by atoms with Gasteiger partial charge >= 0.3 is 0 Å². The Morgan fingerprint density at radius 1 is 0.326 bits per heavy atom. The smallest absolute Gasteiger partial charge is 0.115 e. The summed E-state index contributed by atoms with van der Waals surface area (Å²) >= 11 is 0. The number of hydrogen-bond acceptors (Lipinski definition) is 2. The Morgan fingerprint density at radius 2 is 0.674 bits per heavy atom. The molecule has 0 saturated heterocycles. The van der Waals surface area contributed by atoms with Crippen LogP contribution in [0.4, 0.5) is 38.5 Å². The second-order valence-corrected chi connectivity index (χ2v) is 11.1. The van der Waals surface area contributed by atoms with Gasteiger partial charge in [0.25, 0.3) is 0 Å². The molecule has 0 radical (unpaired) electrons. The summed E-state index contributed by atoms with van der Waals surface area (Å²) in [6.45, 7) is -0.481. The van der Waals surface area contributed by atoms with Crippen molar-refractivity contribution in [3.05, 3.63) is 194 Å². The largest absolute Gasteiger partial charge is 0.311 e. The monoisotopic (exact) mass is 596 g/mol. The molecular formula is C43H33FN2. The lowest BCUT2D eigenvalue weighted by Gasteiger charge is -2.31. The fourth-order valence-corrected chi connectivity index (χ4v) is 5.98. The zero-order chi connectivity index (χ0) is 31.1. The molecule has 2 nitrogen and oxygen atoms in total. The molecule has 7 aromatic rings. The average Bonchev–Trinajstić information content (AvgIpc) is 3.14. The number of alkyl halides is 1. The van der Waals surface area contributed by atoms with Crippen molar-refractivity contribution in [2.75, 3.05) is 9.80 Å². The lowest BCUT2D eigenvalue weighted by Crippen LogP contribution is -2.13. The van der Waals surface area contributed by atoms with Gasteiger partial charge in [-0.3, -0.25) is 0 Å². The van der Waals surface area contributed by atoms with Crippen LogP contribution in [0.3, 0.4) is 0 Å². The maximum Gasteiger partial charge on any atom is 0.115 e. The highest BCUT2D eigenvalue weighted by Crippen LogP contribution is 2.45. The predicted octanol–water partition coefficient (Wildman–Crippen LogP) is 12.4. The van der Waals surface area contributed by atoms with E-state index in [4.69, 9.17) is 0 Å². The van der Waals surface area contributed by atoms with Crippen LogP contribution < -0.4 is 9.80 Å². The summed E-state index contributed by atoms with van der Waals surface area (Å²) < 4.78 is 13.4. The van der Waals surface area contributed by atoms with E-state index in [2.05, 4.69) is 155 Å². The van der Waals surface area contributed by atoms with Crippen LogP contribution in [0, 0.1) is 0 Å². The van der Waals surface area contributed by atoms with Gasteiger partial charge in [0.05, 0.1) is 11.4 Å². The normalized spacial score (nSPS) is 10.8. The number of benzene rings is 7. The van der Waals surface area contributed by atoms with Crippen LogP contribution in [0.15, 0.2) is 188 Å². The SMILES string of the molecule is FCc1ccc(N(c2ccccc2)c2ccc(N(c3ccccc3-c3ccccc3)c3ccccc3-c3ccccc3)cc2)cc1. The van der Waals surface area contributed by atoms with E-state index in [1.165, 1.54) is 0 Å². The molecule has 0 unspecified atom stereocenters. The molecule has 7 aromatic carbocycles. The summed E-state index contributed by atoms with van der Waals surface area (Å²) in [5.41, 5.74) is 11.5. The van der Waals surface area contributed by atoms with Gasteiger partial charge in [-0.1, -0.05) is 127 Å². The highest BCUT2D eigenvalue weighted by molar-refractivity contribution is 5.93. The molecule has 0 aromatic heterocycles. The predicted molar refractivity (Wildman–Crippen MR) is 191 cm³/mol. The number of anilines is 6. The molecule has 0 spiro atoms. The third-order valence-electron chi connectivity index (χ3n) is 8.19. The number of para-hydroxylation sites is 3. The molecule has 46 heavy (non-hydrogen) atoms. The number of rotatable bonds is 9. The van der Waals surface area contributed by atoms with Crippen LogP contribution in [-0.2, 0) is 6.67 Å². The minimum Gasteiger partial charge on any atom is -0.311 e. The maximum atomic E-state index is 13.4. The topological polar surface area (TPSA) is 6.48 Å². The van der Waals surface area contributed by atoms with E-state index < -0.39 is 6.67 Å². The van der Waals surface area contributed by atoms with Crippen LogP contribution in [0.2, 0.25) is 0 Å². The van der Waals surface area contributed by atoms with Crippen molar-refractivity contribution >= 4 is 34.1 Å². The fraction of sp³-hybridized carbons (Fsp3) is 0.0233. The third-order valence-corrected chi connectivity index (χ3v) is 8.19. The van der Waals surface area contributed by atoms with E-state index in [0.29, 0.717) is 5.56 Å². The molecule has 0 aliphatic carbocycles. The molecule has 0 heterocycles. The van der Waals surface area contributed by atoms with Gasteiger partial charge in [0.1, 0.15) is 6.67 Å². The molecule has 0 fully saturated rings. The Labute approximate surface area is 270 Å². The lowest BCUT2D eigenvalue weighted by molar-refractivity contribution is 0.485. The quantitative estimate of drug-likeness (QED) is 0.164. The second kappa shape index (κ2) is 13.4. The molecule has 0 aliphatic rings. The standard InChI is InChI=1S/C43H33FN2/c44-32-33-24-26-37(27-25-33)45(36-18-8-3-9-19-36)38-28-30-39(31-29-38)46(42-22-12-10-20-40(42)34-14-4-1-5-15-34)43-23-13-11-21-41(43)35-16-6-2-7-17-35/h1-31H,32H2. The van der Waals surface area contributed by atoms with Gasteiger partial charge in [0, 0.05) is 33.9 Å². The fourth-order valence-electron chi connectivity index (χ4n) is 5.98. The number of hydrogen-bond donors (Lipinski definition) is 0. The number of nitrogens with zero attached hydrogens (tertiary/aromatic N) is 2. The Bertz CT molecular complexity index is 1920. The molecule has 0 aliphatic heterocycles. The Kier molecular flexibility index (Phi) is 8.38. The first-order valence-electron chi connectivity index (χ1n) is 15.5. The summed E-state index contributed by atoms with van der Waals surface area (Å²) in [4.78, 5) is 4.56. The van der Waals surface area contributed by atoms with Crippen molar-refractivity contribution in [3.8, 4) is 22.3 Å². The molecule has 7 rings (SSSR count). The van der Waals surface area contributed by atoms with Crippen LogP contribution in [0.1, 0.15) is 5.56 Å². The second-order valence-electron chi connectivity index (χ2n) is 11.1. The van der Waals surface area contributed by atoms with Gasteiger partial charge in [-0.15, -0.1) is 0 Å². The molecule has 0 bridgehead atoms. The Balaban J connectivity index is 1.39. The van der Waals surface area contributed by atoms with E-state index in [9.17, 15) is 4.39 Å². The third kappa shape index (κ3) is 5.91. The van der Waals surface area contributed by atoms with Gasteiger partial charge in [0.2, 0.25) is 0 Å². The van der Waals surface area contributed by atoms with Crippen molar-refractivity contribution < 1.29 is 4.39 Å².